The van der Waals surface area contributed by atoms with Crippen LogP contribution in [0.4, 0.5) is 5.82 Å². The molecule has 1 amide bonds. The summed E-state index contributed by atoms with van der Waals surface area (Å²) in [6.45, 7) is 4.28. The highest BCUT2D eigenvalue weighted by Gasteiger charge is 2.36. The zero-order valence-corrected chi connectivity index (χ0v) is 11.3. The van der Waals surface area contributed by atoms with E-state index < -0.39 is 0 Å². The van der Waals surface area contributed by atoms with Crippen molar-refractivity contribution in [1.82, 2.24) is 20.4 Å². The first-order valence-corrected chi connectivity index (χ1v) is 6.66. The van der Waals surface area contributed by atoms with Crippen LogP contribution in [-0.2, 0) is 0 Å². The van der Waals surface area contributed by atoms with Gasteiger partial charge in [0.25, 0.3) is 5.91 Å². The lowest BCUT2D eigenvalue weighted by molar-refractivity contribution is 0.0821. The largest absolute Gasteiger partial charge is 0.354 e. The van der Waals surface area contributed by atoms with Crippen LogP contribution >= 0.6 is 0 Å². The molecule has 6 nitrogen and oxygen atoms in total. The van der Waals surface area contributed by atoms with Gasteiger partial charge in [-0.15, -0.1) is 10.2 Å². The Morgan fingerprint density at radius 1 is 1.26 bits per heavy atom. The summed E-state index contributed by atoms with van der Waals surface area (Å²) in [4.78, 5) is 15.5. The van der Waals surface area contributed by atoms with Crippen LogP contribution in [0, 0.1) is 11.8 Å². The molecule has 0 unspecified atom stereocenters. The maximum Gasteiger partial charge on any atom is 0.273 e. The average Bonchev–Trinajstić information content (AvgIpc) is 2.98. The highest BCUT2D eigenvalue weighted by molar-refractivity contribution is 5.91. The van der Waals surface area contributed by atoms with E-state index >= 15 is 0 Å². The van der Waals surface area contributed by atoms with E-state index in [2.05, 4.69) is 20.4 Å². The second-order valence-electron chi connectivity index (χ2n) is 5.56. The molecule has 0 aliphatic carbocycles. The molecule has 0 spiro atoms. The molecule has 1 N–H and O–H groups in total. The quantitative estimate of drug-likeness (QED) is 0.801. The van der Waals surface area contributed by atoms with Crippen molar-refractivity contribution < 1.29 is 4.79 Å². The minimum absolute atomic E-state index is 0.110. The number of fused-ring (bicyclic) bond motifs is 1. The maximum absolute atomic E-state index is 11.7. The van der Waals surface area contributed by atoms with E-state index in [4.69, 9.17) is 0 Å². The number of nitrogens with zero attached hydrogens (tertiary/aromatic N) is 4. The van der Waals surface area contributed by atoms with Crippen molar-refractivity contribution in [2.75, 3.05) is 45.2 Å². The number of rotatable bonds is 2. The first kappa shape index (κ1) is 12.3. The van der Waals surface area contributed by atoms with Gasteiger partial charge in [-0.2, -0.15) is 0 Å². The molecule has 0 saturated carbocycles. The van der Waals surface area contributed by atoms with Crippen molar-refractivity contribution >= 4 is 11.7 Å². The molecule has 2 aliphatic heterocycles. The molecule has 1 aromatic rings. The van der Waals surface area contributed by atoms with Crippen LogP contribution in [0.3, 0.4) is 0 Å². The number of carbonyl (C=O) groups excluding carboxylic acids is 1. The summed E-state index contributed by atoms with van der Waals surface area (Å²) < 4.78 is 0. The van der Waals surface area contributed by atoms with Gasteiger partial charge in [0.2, 0.25) is 0 Å². The average molecular weight is 261 g/mol. The summed E-state index contributed by atoms with van der Waals surface area (Å²) in [6.07, 6.45) is 0. The molecule has 19 heavy (non-hydrogen) atoms. The standard InChI is InChI=1S/C13H19N5O/c1-17(2)13(19)11-3-4-12(16-15-11)18-7-9-5-14-6-10(9)8-18/h3-4,9-10,14H,5-8H2,1-2H3/t9-,10+. The van der Waals surface area contributed by atoms with Crippen LogP contribution in [0.1, 0.15) is 10.5 Å². The number of nitrogens with one attached hydrogen (secondary N) is 1. The Morgan fingerprint density at radius 2 is 1.95 bits per heavy atom. The van der Waals surface area contributed by atoms with Crippen molar-refractivity contribution in [3.05, 3.63) is 17.8 Å². The van der Waals surface area contributed by atoms with Gasteiger partial charge in [0, 0.05) is 40.3 Å². The Hall–Kier alpha value is -1.69. The summed E-state index contributed by atoms with van der Waals surface area (Å²) in [5.74, 6) is 2.22. The summed E-state index contributed by atoms with van der Waals surface area (Å²) in [5.41, 5.74) is 0.398. The summed E-state index contributed by atoms with van der Waals surface area (Å²) in [5, 5.41) is 11.7. The van der Waals surface area contributed by atoms with E-state index in [0.29, 0.717) is 5.69 Å². The number of amides is 1. The van der Waals surface area contributed by atoms with Crippen molar-refractivity contribution in [2.45, 2.75) is 0 Å². The van der Waals surface area contributed by atoms with Crippen LogP contribution in [0.2, 0.25) is 0 Å². The fourth-order valence-electron chi connectivity index (χ4n) is 2.88. The molecule has 6 heteroatoms. The zero-order chi connectivity index (χ0) is 13.4. The number of carbonyl (C=O) groups is 1. The van der Waals surface area contributed by atoms with Crippen molar-refractivity contribution in [2.24, 2.45) is 11.8 Å². The fraction of sp³-hybridized carbons (Fsp3) is 0.615. The van der Waals surface area contributed by atoms with Gasteiger partial charge >= 0.3 is 0 Å². The Morgan fingerprint density at radius 3 is 2.47 bits per heavy atom. The SMILES string of the molecule is CN(C)C(=O)c1ccc(N2C[C@H]3CNC[C@H]3C2)nn1. The second kappa shape index (κ2) is 4.77. The fourth-order valence-corrected chi connectivity index (χ4v) is 2.88. The van der Waals surface area contributed by atoms with Crippen LogP contribution in [0.5, 0.6) is 0 Å². The molecule has 0 radical (unpaired) electrons. The van der Waals surface area contributed by atoms with Crippen molar-refractivity contribution in [3.8, 4) is 0 Å². The first-order valence-electron chi connectivity index (χ1n) is 6.66. The van der Waals surface area contributed by atoms with E-state index in [-0.39, 0.29) is 5.91 Å². The molecule has 0 aromatic carbocycles. The van der Waals surface area contributed by atoms with E-state index in [0.717, 1.165) is 43.8 Å². The Balaban J connectivity index is 1.71. The highest BCUT2D eigenvalue weighted by Crippen LogP contribution is 2.29. The van der Waals surface area contributed by atoms with E-state index in [9.17, 15) is 4.79 Å². The molecule has 3 heterocycles. The Bertz CT molecular complexity index is 460. The van der Waals surface area contributed by atoms with Crippen molar-refractivity contribution in [3.63, 3.8) is 0 Å². The van der Waals surface area contributed by atoms with Gasteiger partial charge < -0.3 is 15.1 Å². The Kier molecular flexibility index (Phi) is 3.10. The van der Waals surface area contributed by atoms with Gasteiger partial charge in [0.05, 0.1) is 0 Å². The van der Waals surface area contributed by atoms with Gasteiger partial charge in [0.1, 0.15) is 0 Å². The predicted octanol–water partition coefficient (Wildman–Crippen LogP) is -0.166. The van der Waals surface area contributed by atoms with E-state index in [1.807, 2.05) is 6.07 Å². The minimum atomic E-state index is -0.110. The van der Waals surface area contributed by atoms with E-state index in [1.54, 1.807) is 20.2 Å². The number of hydrogen-bond donors (Lipinski definition) is 1. The number of aromatic nitrogens is 2. The van der Waals surface area contributed by atoms with Gasteiger partial charge in [-0.3, -0.25) is 4.79 Å². The molecular weight excluding hydrogens is 242 g/mol. The van der Waals surface area contributed by atoms with Crippen LogP contribution in [-0.4, -0.2) is 61.3 Å². The molecule has 102 valence electrons. The van der Waals surface area contributed by atoms with Crippen molar-refractivity contribution in [1.29, 1.82) is 0 Å². The molecule has 2 fully saturated rings. The van der Waals surface area contributed by atoms with Gasteiger partial charge in [-0.25, -0.2) is 0 Å². The Labute approximate surface area is 112 Å². The molecule has 3 rings (SSSR count). The number of anilines is 1. The predicted molar refractivity (Wildman–Crippen MR) is 72.1 cm³/mol. The molecule has 2 atom stereocenters. The lowest BCUT2D eigenvalue weighted by Gasteiger charge is -2.18. The second-order valence-corrected chi connectivity index (χ2v) is 5.56. The van der Waals surface area contributed by atoms with Crippen LogP contribution in [0.25, 0.3) is 0 Å². The third kappa shape index (κ3) is 2.28. The van der Waals surface area contributed by atoms with Crippen LogP contribution < -0.4 is 10.2 Å². The molecule has 1 aromatic heterocycles. The molecule has 2 saturated heterocycles. The lowest BCUT2D eigenvalue weighted by atomic mass is 10.0. The number of hydrogen-bond acceptors (Lipinski definition) is 5. The summed E-state index contributed by atoms with van der Waals surface area (Å²) >= 11 is 0. The molecule has 0 bridgehead atoms. The third-order valence-corrected chi connectivity index (χ3v) is 3.99. The smallest absolute Gasteiger partial charge is 0.273 e. The summed E-state index contributed by atoms with van der Waals surface area (Å²) in [6, 6.07) is 3.66. The topological polar surface area (TPSA) is 61.4 Å². The maximum atomic E-state index is 11.7. The zero-order valence-electron chi connectivity index (χ0n) is 11.3. The molecule has 2 aliphatic rings. The minimum Gasteiger partial charge on any atom is -0.354 e. The summed E-state index contributed by atoms with van der Waals surface area (Å²) in [7, 11) is 3.43. The lowest BCUT2D eigenvalue weighted by Crippen LogP contribution is -2.27. The van der Waals surface area contributed by atoms with Crippen LogP contribution in [0.15, 0.2) is 12.1 Å². The first-order chi connectivity index (χ1) is 9.15. The normalized spacial score (nSPS) is 25.5. The van der Waals surface area contributed by atoms with Gasteiger partial charge in [-0.05, 0) is 24.0 Å². The highest BCUT2D eigenvalue weighted by atomic mass is 16.2. The van der Waals surface area contributed by atoms with Gasteiger partial charge in [-0.1, -0.05) is 0 Å². The van der Waals surface area contributed by atoms with Gasteiger partial charge in [0.15, 0.2) is 11.5 Å². The monoisotopic (exact) mass is 261 g/mol. The molecular formula is C13H19N5O. The van der Waals surface area contributed by atoms with E-state index in [1.165, 1.54) is 4.90 Å². The third-order valence-electron chi connectivity index (χ3n) is 3.99.